The first-order chi connectivity index (χ1) is 7.88. The molecule has 3 nitrogen and oxygen atoms in total. The van der Waals surface area contributed by atoms with Gasteiger partial charge in [0.1, 0.15) is 5.52 Å². The molecule has 0 radical (unpaired) electrons. The summed E-state index contributed by atoms with van der Waals surface area (Å²) in [7, 11) is 0. The molecule has 0 bridgehead atoms. The Kier molecular flexibility index (Phi) is 2.96. The number of alkyl halides is 3. The van der Waals surface area contributed by atoms with Gasteiger partial charge < -0.3 is 0 Å². The van der Waals surface area contributed by atoms with Crippen molar-refractivity contribution < 1.29 is 18.0 Å². The van der Waals surface area contributed by atoms with Crippen LogP contribution >= 0.6 is 22.9 Å². The zero-order valence-electron chi connectivity index (χ0n) is 8.01. The quantitative estimate of drug-likeness (QED) is 0.869. The first-order valence-corrected chi connectivity index (χ1v) is 5.50. The van der Waals surface area contributed by atoms with Crippen LogP contribution in [0.15, 0.2) is 18.2 Å². The minimum atomic E-state index is -4.93. The number of thiazole rings is 1. The number of nitrogens with zero attached hydrogens (tertiary/aromatic N) is 1. The molecule has 0 spiro atoms. The van der Waals surface area contributed by atoms with Crippen LogP contribution in [-0.2, 0) is 4.79 Å². The fourth-order valence-corrected chi connectivity index (χ4v) is 2.30. The number of aromatic nitrogens is 1. The maximum absolute atomic E-state index is 12.0. The fourth-order valence-electron chi connectivity index (χ4n) is 1.14. The SMILES string of the molecule is O=C(Nc1nc2c(Cl)cccc2s1)C(F)(F)F. The molecule has 2 rings (SSSR count). The zero-order valence-corrected chi connectivity index (χ0v) is 9.58. The molecule has 0 saturated heterocycles. The van der Waals surface area contributed by atoms with E-state index in [-0.39, 0.29) is 5.13 Å². The molecule has 0 aliphatic heterocycles. The van der Waals surface area contributed by atoms with E-state index in [0.717, 1.165) is 11.3 Å². The highest BCUT2D eigenvalue weighted by Gasteiger charge is 2.39. The largest absolute Gasteiger partial charge is 0.471 e. The minimum absolute atomic E-state index is 0.129. The van der Waals surface area contributed by atoms with Crippen molar-refractivity contribution in [3.05, 3.63) is 23.2 Å². The Labute approximate surface area is 102 Å². The van der Waals surface area contributed by atoms with Crippen molar-refractivity contribution in [1.82, 2.24) is 4.98 Å². The summed E-state index contributed by atoms with van der Waals surface area (Å²) < 4.78 is 36.6. The average Bonchev–Trinajstić information content (AvgIpc) is 2.60. The number of halogens is 4. The van der Waals surface area contributed by atoms with Gasteiger partial charge in [0, 0.05) is 0 Å². The van der Waals surface area contributed by atoms with Crippen LogP contribution in [0.5, 0.6) is 0 Å². The number of amides is 1. The third-order valence-corrected chi connectivity index (χ3v) is 3.09. The van der Waals surface area contributed by atoms with Crippen LogP contribution in [0.4, 0.5) is 18.3 Å². The summed E-state index contributed by atoms with van der Waals surface area (Å²) in [6.07, 6.45) is -4.93. The summed E-state index contributed by atoms with van der Waals surface area (Å²) >= 11 is 6.73. The van der Waals surface area contributed by atoms with Gasteiger partial charge in [-0.1, -0.05) is 29.0 Å². The number of rotatable bonds is 1. The van der Waals surface area contributed by atoms with E-state index in [0.29, 0.717) is 15.2 Å². The number of hydrogen-bond acceptors (Lipinski definition) is 3. The molecule has 0 saturated carbocycles. The number of hydrogen-bond donors (Lipinski definition) is 1. The van der Waals surface area contributed by atoms with Gasteiger partial charge in [0.25, 0.3) is 0 Å². The molecule has 1 amide bonds. The van der Waals surface area contributed by atoms with Crippen molar-refractivity contribution >= 4 is 44.2 Å². The smallest absolute Gasteiger partial charge is 0.294 e. The van der Waals surface area contributed by atoms with Crippen molar-refractivity contribution in [2.45, 2.75) is 6.18 Å². The van der Waals surface area contributed by atoms with Gasteiger partial charge in [-0.05, 0) is 12.1 Å². The molecule has 1 N–H and O–H groups in total. The topological polar surface area (TPSA) is 42.0 Å². The third-order valence-electron chi connectivity index (χ3n) is 1.85. The molecule has 1 aromatic carbocycles. The molecule has 0 aliphatic rings. The highest BCUT2D eigenvalue weighted by Crippen LogP contribution is 2.31. The Bertz CT molecular complexity index is 581. The molecular weight excluding hydrogens is 277 g/mol. The van der Waals surface area contributed by atoms with E-state index in [1.807, 2.05) is 0 Å². The summed E-state index contributed by atoms with van der Waals surface area (Å²) in [6, 6.07) is 4.87. The van der Waals surface area contributed by atoms with Crippen molar-refractivity contribution in [3.63, 3.8) is 0 Å². The van der Waals surface area contributed by atoms with Crippen molar-refractivity contribution in [2.24, 2.45) is 0 Å². The lowest BCUT2D eigenvalue weighted by Crippen LogP contribution is -2.29. The second-order valence-electron chi connectivity index (χ2n) is 3.06. The van der Waals surface area contributed by atoms with Crippen molar-refractivity contribution in [2.75, 3.05) is 5.32 Å². The van der Waals surface area contributed by atoms with E-state index in [1.165, 1.54) is 0 Å². The Balaban J connectivity index is 2.32. The van der Waals surface area contributed by atoms with E-state index >= 15 is 0 Å². The number of fused-ring (bicyclic) bond motifs is 1. The summed E-state index contributed by atoms with van der Waals surface area (Å²) in [5.41, 5.74) is 0.372. The van der Waals surface area contributed by atoms with E-state index < -0.39 is 12.1 Å². The molecule has 1 aromatic heterocycles. The number of carbonyl (C=O) groups excluding carboxylic acids is 1. The van der Waals surface area contributed by atoms with Gasteiger partial charge in [-0.25, -0.2) is 4.98 Å². The van der Waals surface area contributed by atoms with Gasteiger partial charge >= 0.3 is 12.1 Å². The summed E-state index contributed by atoms with van der Waals surface area (Å²) in [5, 5.41) is 1.88. The van der Waals surface area contributed by atoms with Crippen LogP contribution in [0, 0.1) is 0 Å². The molecule has 17 heavy (non-hydrogen) atoms. The summed E-state index contributed by atoms with van der Waals surface area (Å²) in [5.74, 6) is -2.05. The standard InChI is InChI=1S/C9H4ClF3N2OS/c10-4-2-1-3-5-6(4)14-8(17-5)15-7(16)9(11,12)13/h1-3H,(H,14,15,16). The number of nitrogens with one attached hydrogen (secondary N) is 1. The normalized spacial score (nSPS) is 11.8. The Hall–Kier alpha value is -1.34. The lowest BCUT2D eigenvalue weighted by Gasteiger charge is -2.03. The first kappa shape index (κ1) is 12.1. The highest BCUT2D eigenvalue weighted by atomic mass is 35.5. The molecular formula is C9H4ClF3N2OS. The lowest BCUT2D eigenvalue weighted by atomic mass is 10.3. The van der Waals surface area contributed by atoms with Gasteiger partial charge in [-0.2, -0.15) is 13.2 Å². The van der Waals surface area contributed by atoms with Crippen LogP contribution in [0.1, 0.15) is 0 Å². The van der Waals surface area contributed by atoms with Gasteiger partial charge in [0.2, 0.25) is 0 Å². The van der Waals surface area contributed by atoms with Crippen LogP contribution in [0.2, 0.25) is 5.02 Å². The fraction of sp³-hybridized carbons (Fsp3) is 0.111. The maximum Gasteiger partial charge on any atom is 0.471 e. The van der Waals surface area contributed by atoms with Gasteiger partial charge in [-0.3, -0.25) is 10.1 Å². The molecule has 1 heterocycles. The summed E-state index contributed by atoms with van der Waals surface area (Å²) in [4.78, 5) is 14.5. The minimum Gasteiger partial charge on any atom is -0.294 e. The molecule has 8 heteroatoms. The van der Waals surface area contributed by atoms with E-state index in [1.54, 1.807) is 23.5 Å². The second-order valence-corrected chi connectivity index (χ2v) is 4.50. The van der Waals surface area contributed by atoms with Crippen LogP contribution in [-0.4, -0.2) is 17.1 Å². The lowest BCUT2D eigenvalue weighted by molar-refractivity contribution is -0.167. The Morgan fingerprint density at radius 2 is 2.12 bits per heavy atom. The Morgan fingerprint density at radius 3 is 2.71 bits per heavy atom. The monoisotopic (exact) mass is 280 g/mol. The van der Waals surface area contributed by atoms with Crippen molar-refractivity contribution in [1.29, 1.82) is 0 Å². The number of carbonyl (C=O) groups is 1. The molecule has 0 aliphatic carbocycles. The van der Waals surface area contributed by atoms with Crippen LogP contribution in [0.3, 0.4) is 0 Å². The van der Waals surface area contributed by atoms with E-state index in [2.05, 4.69) is 4.98 Å². The predicted molar refractivity (Wildman–Crippen MR) is 59.3 cm³/mol. The third kappa shape index (κ3) is 2.50. The molecule has 0 unspecified atom stereocenters. The van der Waals surface area contributed by atoms with Gasteiger partial charge in [0.15, 0.2) is 5.13 Å². The average molecular weight is 281 g/mol. The molecule has 2 aromatic rings. The maximum atomic E-state index is 12.0. The van der Waals surface area contributed by atoms with Crippen molar-refractivity contribution in [3.8, 4) is 0 Å². The number of anilines is 1. The predicted octanol–water partition coefficient (Wildman–Crippen LogP) is 3.45. The molecule has 90 valence electrons. The van der Waals surface area contributed by atoms with Crippen LogP contribution < -0.4 is 5.32 Å². The molecule has 0 fully saturated rings. The first-order valence-electron chi connectivity index (χ1n) is 4.31. The van der Waals surface area contributed by atoms with Crippen LogP contribution in [0.25, 0.3) is 10.2 Å². The van der Waals surface area contributed by atoms with E-state index in [4.69, 9.17) is 11.6 Å². The summed E-state index contributed by atoms with van der Waals surface area (Å²) in [6.45, 7) is 0. The number of benzene rings is 1. The number of para-hydroxylation sites is 1. The van der Waals surface area contributed by atoms with E-state index in [9.17, 15) is 18.0 Å². The van der Waals surface area contributed by atoms with Gasteiger partial charge in [-0.15, -0.1) is 0 Å². The zero-order chi connectivity index (χ0) is 12.6. The second kappa shape index (κ2) is 4.15. The Morgan fingerprint density at radius 1 is 1.41 bits per heavy atom. The molecule has 0 atom stereocenters. The highest BCUT2D eigenvalue weighted by molar-refractivity contribution is 7.22. The van der Waals surface area contributed by atoms with Gasteiger partial charge in [0.05, 0.1) is 9.72 Å².